The van der Waals surface area contributed by atoms with Crippen molar-refractivity contribution in [1.82, 2.24) is 15.0 Å². The van der Waals surface area contributed by atoms with Crippen molar-refractivity contribution < 1.29 is 0 Å². The molecule has 21 heavy (non-hydrogen) atoms. The number of nitrogens with zero attached hydrogens (tertiary/aromatic N) is 4. The third kappa shape index (κ3) is 4.07. The lowest BCUT2D eigenvalue weighted by atomic mass is 9.87. The van der Waals surface area contributed by atoms with Crippen LogP contribution in [0.2, 0.25) is 0 Å². The predicted molar refractivity (Wildman–Crippen MR) is 87.8 cm³/mol. The standard InChI is InChI=1S/C15H21N5S/c1-15(2,3)10-6-8-11(9-7-10)21-14-18-12(16)17-13(19-14)20(4)5/h6-9H,1-5H3,(H2,16,17,18,19). The van der Waals surface area contributed by atoms with E-state index >= 15 is 0 Å². The van der Waals surface area contributed by atoms with Crippen molar-refractivity contribution >= 4 is 23.7 Å². The Kier molecular flexibility index (Phi) is 4.37. The molecule has 2 rings (SSSR count). The second-order valence-corrected chi connectivity index (χ2v) is 7.09. The molecule has 0 saturated carbocycles. The van der Waals surface area contributed by atoms with E-state index in [-0.39, 0.29) is 11.4 Å². The van der Waals surface area contributed by atoms with Crippen LogP contribution in [0.1, 0.15) is 26.3 Å². The number of aromatic nitrogens is 3. The minimum absolute atomic E-state index is 0.152. The lowest BCUT2D eigenvalue weighted by Crippen LogP contribution is -2.15. The molecule has 0 atom stereocenters. The lowest BCUT2D eigenvalue weighted by molar-refractivity contribution is 0.590. The SMILES string of the molecule is CN(C)c1nc(N)nc(Sc2ccc(C(C)(C)C)cc2)n1. The van der Waals surface area contributed by atoms with E-state index in [1.807, 2.05) is 19.0 Å². The molecule has 0 unspecified atom stereocenters. The van der Waals surface area contributed by atoms with Gasteiger partial charge in [-0.2, -0.15) is 15.0 Å². The Morgan fingerprint density at radius 2 is 1.62 bits per heavy atom. The summed E-state index contributed by atoms with van der Waals surface area (Å²) in [6.45, 7) is 6.60. The maximum Gasteiger partial charge on any atom is 0.230 e. The van der Waals surface area contributed by atoms with Gasteiger partial charge in [0.15, 0.2) is 5.16 Å². The number of hydrogen-bond acceptors (Lipinski definition) is 6. The zero-order valence-electron chi connectivity index (χ0n) is 13.1. The minimum atomic E-state index is 0.152. The first kappa shape index (κ1) is 15.6. The molecule has 1 aromatic heterocycles. The molecule has 5 nitrogen and oxygen atoms in total. The van der Waals surface area contributed by atoms with Gasteiger partial charge in [-0.3, -0.25) is 0 Å². The van der Waals surface area contributed by atoms with Crippen molar-refractivity contribution in [1.29, 1.82) is 0 Å². The van der Waals surface area contributed by atoms with Crippen molar-refractivity contribution in [3.63, 3.8) is 0 Å². The minimum Gasteiger partial charge on any atom is -0.368 e. The van der Waals surface area contributed by atoms with Crippen LogP contribution < -0.4 is 10.6 Å². The number of nitrogens with two attached hydrogens (primary N) is 1. The first-order valence-electron chi connectivity index (χ1n) is 6.73. The Bertz CT molecular complexity index is 617. The van der Waals surface area contributed by atoms with Crippen LogP contribution in [-0.4, -0.2) is 29.0 Å². The summed E-state index contributed by atoms with van der Waals surface area (Å²) in [6, 6.07) is 8.45. The third-order valence-corrected chi connectivity index (χ3v) is 3.82. The van der Waals surface area contributed by atoms with Gasteiger partial charge in [-0.05, 0) is 34.9 Å². The first-order chi connectivity index (χ1) is 9.75. The van der Waals surface area contributed by atoms with Gasteiger partial charge in [0.2, 0.25) is 11.9 Å². The molecule has 0 amide bonds. The van der Waals surface area contributed by atoms with E-state index in [1.54, 1.807) is 0 Å². The van der Waals surface area contributed by atoms with Crippen LogP contribution in [0.3, 0.4) is 0 Å². The molecule has 0 fully saturated rings. The monoisotopic (exact) mass is 303 g/mol. The van der Waals surface area contributed by atoms with E-state index in [9.17, 15) is 0 Å². The van der Waals surface area contributed by atoms with Crippen LogP contribution in [0.5, 0.6) is 0 Å². The maximum atomic E-state index is 5.73. The fourth-order valence-electron chi connectivity index (χ4n) is 1.74. The highest BCUT2D eigenvalue weighted by Gasteiger charge is 2.13. The molecule has 2 N–H and O–H groups in total. The smallest absolute Gasteiger partial charge is 0.230 e. The summed E-state index contributed by atoms with van der Waals surface area (Å²) in [4.78, 5) is 15.5. The van der Waals surface area contributed by atoms with Gasteiger partial charge >= 0.3 is 0 Å². The van der Waals surface area contributed by atoms with Crippen LogP contribution in [0, 0.1) is 0 Å². The Labute approximate surface area is 130 Å². The Morgan fingerprint density at radius 3 is 2.14 bits per heavy atom. The van der Waals surface area contributed by atoms with Crippen LogP contribution in [0.15, 0.2) is 34.3 Å². The van der Waals surface area contributed by atoms with Crippen LogP contribution in [-0.2, 0) is 5.41 Å². The van der Waals surface area contributed by atoms with Gasteiger partial charge in [0.25, 0.3) is 0 Å². The molecule has 0 radical (unpaired) electrons. The summed E-state index contributed by atoms with van der Waals surface area (Å²) in [5.41, 5.74) is 7.18. The molecule has 1 aromatic carbocycles. The zero-order chi connectivity index (χ0) is 15.6. The average molecular weight is 303 g/mol. The molecule has 0 saturated heterocycles. The highest BCUT2D eigenvalue weighted by atomic mass is 32.2. The average Bonchev–Trinajstić information content (AvgIpc) is 2.37. The maximum absolute atomic E-state index is 5.73. The third-order valence-electron chi connectivity index (χ3n) is 2.95. The molecule has 0 spiro atoms. The summed E-state index contributed by atoms with van der Waals surface area (Å²) in [6.07, 6.45) is 0. The summed E-state index contributed by atoms with van der Waals surface area (Å²) < 4.78 is 0. The van der Waals surface area contributed by atoms with Gasteiger partial charge in [-0.1, -0.05) is 32.9 Å². The summed E-state index contributed by atoms with van der Waals surface area (Å²) in [5.74, 6) is 0.804. The Hall–Kier alpha value is -1.82. The molecule has 1 heterocycles. The first-order valence-corrected chi connectivity index (χ1v) is 7.54. The number of hydrogen-bond donors (Lipinski definition) is 1. The van der Waals surface area contributed by atoms with Crippen molar-refractivity contribution in [3.05, 3.63) is 29.8 Å². The molecule has 0 aliphatic carbocycles. The second kappa shape index (κ2) is 5.89. The van der Waals surface area contributed by atoms with Gasteiger partial charge in [-0.25, -0.2) is 0 Å². The molecule has 0 aliphatic rings. The van der Waals surface area contributed by atoms with Crippen molar-refractivity contribution in [3.8, 4) is 0 Å². The van der Waals surface area contributed by atoms with E-state index in [2.05, 4.69) is 60.0 Å². The highest BCUT2D eigenvalue weighted by molar-refractivity contribution is 7.99. The number of anilines is 2. The normalized spacial score (nSPS) is 11.5. The van der Waals surface area contributed by atoms with Crippen LogP contribution >= 0.6 is 11.8 Å². The molecular formula is C15H21N5S. The zero-order valence-corrected chi connectivity index (χ0v) is 13.9. The molecular weight excluding hydrogens is 282 g/mol. The summed E-state index contributed by atoms with van der Waals surface area (Å²) in [7, 11) is 3.75. The topological polar surface area (TPSA) is 67.9 Å². The van der Waals surface area contributed by atoms with E-state index in [0.29, 0.717) is 11.1 Å². The van der Waals surface area contributed by atoms with Crippen molar-refractivity contribution in [2.45, 2.75) is 36.2 Å². The van der Waals surface area contributed by atoms with E-state index < -0.39 is 0 Å². The number of nitrogen functional groups attached to an aromatic ring is 1. The molecule has 0 bridgehead atoms. The van der Waals surface area contributed by atoms with E-state index in [0.717, 1.165) is 4.90 Å². The quantitative estimate of drug-likeness (QED) is 0.940. The van der Waals surface area contributed by atoms with Gasteiger partial charge in [0.1, 0.15) is 0 Å². The number of rotatable bonds is 3. The largest absolute Gasteiger partial charge is 0.368 e. The highest BCUT2D eigenvalue weighted by Crippen LogP contribution is 2.29. The Balaban J connectivity index is 2.22. The van der Waals surface area contributed by atoms with Gasteiger partial charge in [0, 0.05) is 19.0 Å². The van der Waals surface area contributed by atoms with Crippen molar-refractivity contribution in [2.24, 2.45) is 0 Å². The van der Waals surface area contributed by atoms with E-state index in [4.69, 9.17) is 5.73 Å². The van der Waals surface area contributed by atoms with E-state index in [1.165, 1.54) is 17.3 Å². The van der Waals surface area contributed by atoms with Gasteiger partial charge in [0.05, 0.1) is 0 Å². The van der Waals surface area contributed by atoms with Gasteiger partial charge in [-0.15, -0.1) is 0 Å². The second-order valence-electron chi connectivity index (χ2n) is 6.05. The summed E-state index contributed by atoms with van der Waals surface area (Å²) in [5, 5.41) is 0.606. The van der Waals surface area contributed by atoms with Crippen LogP contribution in [0.25, 0.3) is 0 Å². The number of benzene rings is 1. The van der Waals surface area contributed by atoms with Gasteiger partial charge < -0.3 is 10.6 Å². The molecule has 2 aromatic rings. The predicted octanol–water partition coefficient (Wildman–Crippen LogP) is 2.97. The molecule has 6 heteroatoms. The Morgan fingerprint density at radius 1 is 1.00 bits per heavy atom. The van der Waals surface area contributed by atoms with Crippen LogP contribution in [0.4, 0.5) is 11.9 Å². The van der Waals surface area contributed by atoms with Crippen molar-refractivity contribution in [2.75, 3.05) is 24.7 Å². The molecule has 112 valence electrons. The fourth-order valence-corrected chi connectivity index (χ4v) is 2.48. The fraction of sp³-hybridized carbons (Fsp3) is 0.400. The molecule has 0 aliphatic heterocycles. The lowest BCUT2D eigenvalue weighted by Gasteiger charge is -2.19. The summed E-state index contributed by atoms with van der Waals surface area (Å²) >= 11 is 1.48.